The highest BCUT2D eigenvalue weighted by molar-refractivity contribution is 5.71. The first-order chi connectivity index (χ1) is 48.6. The van der Waals surface area contributed by atoms with Gasteiger partial charge in [-0.05, 0) is 109 Å². The molecule has 0 bridgehead atoms. The van der Waals surface area contributed by atoms with E-state index in [9.17, 15) is 19.5 Å². The van der Waals surface area contributed by atoms with Crippen molar-refractivity contribution < 1.29 is 42.9 Å². The van der Waals surface area contributed by atoms with Gasteiger partial charge in [0.05, 0.1) is 34.4 Å². The number of nitrogens with zero attached hydrogens (tertiary/aromatic N) is 1. The Morgan fingerprint density at radius 3 is 0.859 bits per heavy atom. The standard InChI is InChI=1S/C90H157NO8/c1-6-8-10-12-14-16-18-20-22-24-26-28-30-32-34-36-38-40-41-42-43-44-45-46-47-49-50-52-54-56-58-60-62-64-66-68-70-72-74-76-78-80-87(92)97-84-86(85-98-90(89(94)95)96-83-82-91(3,4)5)99-88(93)81-79-77-75-73-71-69-67-65-63-61-59-57-55-53-51-48-39-37-35-33-31-29-27-25-23-21-19-17-15-13-11-9-7-2/h9,11,15,17-18,20-21,23-24,26-27,29,33,35,39,48,53,55,59,61,86,90H,6-8,10,12-14,16,19,22,25,28,30-32,34,36-38,40-47,49-52,54,56-58,60,62-85H2,1-5H3/p+1/b11-9-,17-15-,20-18-,23-21-,26-24-,29-27-,35-33-,48-39-,55-53-,61-59-. The van der Waals surface area contributed by atoms with Crippen molar-refractivity contribution in [3.63, 3.8) is 0 Å². The molecule has 0 aromatic heterocycles. The van der Waals surface area contributed by atoms with E-state index in [0.717, 1.165) is 103 Å². The fourth-order valence-corrected chi connectivity index (χ4v) is 11.9. The van der Waals surface area contributed by atoms with Crippen molar-refractivity contribution in [2.24, 2.45) is 0 Å². The lowest BCUT2D eigenvalue weighted by Crippen LogP contribution is -2.40. The normalized spacial score (nSPS) is 13.3. The lowest BCUT2D eigenvalue weighted by Gasteiger charge is -2.25. The molecule has 0 fully saturated rings. The Kier molecular flexibility index (Phi) is 75.9. The molecule has 0 spiro atoms. The Morgan fingerprint density at radius 1 is 0.313 bits per heavy atom. The van der Waals surface area contributed by atoms with E-state index in [1.807, 2.05) is 21.1 Å². The number of quaternary nitrogens is 1. The molecule has 99 heavy (non-hydrogen) atoms. The smallest absolute Gasteiger partial charge is 0.361 e. The number of carbonyl (C=O) groups is 3. The van der Waals surface area contributed by atoms with Crippen molar-refractivity contribution in [1.29, 1.82) is 0 Å². The van der Waals surface area contributed by atoms with Gasteiger partial charge in [-0.1, -0.05) is 373 Å². The third-order valence-corrected chi connectivity index (χ3v) is 18.2. The predicted octanol–water partition coefficient (Wildman–Crippen LogP) is 27.0. The number of unbranched alkanes of at least 4 members (excludes halogenated alkanes) is 42. The Bertz CT molecular complexity index is 2050. The number of esters is 2. The molecule has 0 aliphatic heterocycles. The maximum Gasteiger partial charge on any atom is 0.361 e. The molecule has 2 atom stereocenters. The van der Waals surface area contributed by atoms with Crippen molar-refractivity contribution in [1.82, 2.24) is 0 Å². The number of rotatable bonds is 77. The van der Waals surface area contributed by atoms with Crippen LogP contribution < -0.4 is 0 Å². The third kappa shape index (κ3) is 80.9. The number of likely N-dealkylation sites (N-methyl/N-ethyl adjacent to an activating group) is 1. The summed E-state index contributed by atoms with van der Waals surface area (Å²) in [6.07, 6.45) is 111. The average molecular weight is 1380 g/mol. The predicted molar refractivity (Wildman–Crippen MR) is 428 cm³/mol. The summed E-state index contributed by atoms with van der Waals surface area (Å²) in [6, 6.07) is 0. The van der Waals surface area contributed by atoms with Gasteiger partial charge in [0.25, 0.3) is 6.29 Å². The van der Waals surface area contributed by atoms with Crippen LogP contribution in [-0.4, -0.2) is 87.4 Å². The molecule has 9 heteroatoms. The van der Waals surface area contributed by atoms with Crippen LogP contribution in [0, 0.1) is 0 Å². The molecule has 0 rings (SSSR count). The van der Waals surface area contributed by atoms with Gasteiger partial charge in [0, 0.05) is 12.8 Å². The van der Waals surface area contributed by atoms with Crippen molar-refractivity contribution in [3.05, 3.63) is 122 Å². The third-order valence-electron chi connectivity index (χ3n) is 18.2. The van der Waals surface area contributed by atoms with Gasteiger partial charge >= 0.3 is 17.9 Å². The van der Waals surface area contributed by atoms with Gasteiger partial charge in [-0.2, -0.15) is 0 Å². The summed E-state index contributed by atoms with van der Waals surface area (Å²) in [6.45, 7) is 4.78. The van der Waals surface area contributed by atoms with Gasteiger partial charge in [-0.3, -0.25) is 9.59 Å². The zero-order chi connectivity index (χ0) is 71.8. The number of hydrogen-bond donors (Lipinski definition) is 1. The molecule has 1 N–H and O–H groups in total. The SMILES string of the molecule is CC/C=C\C/C=C\C/C=C\C/C=C\C/C=C\C/C=C\C/C=C\C/C=C\CCCCCCCCCCC(=O)OC(COC(=O)CCCCCCCCCCCCCCCCCCCCCCCCCCCCCCC/C=C\C/C=C\CCCCCCC)COC(OCC[N+](C)(C)C)C(=O)O. The summed E-state index contributed by atoms with van der Waals surface area (Å²) < 4.78 is 23.0. The zero-order valence-corrected chi connectivity index (χ0v) is 65.4. The molecule has 0 saturated carbocycles. The molecule has 0 saturated heterocycles. The zero-order valence-electron chi connectivity index (χ0n) is 65.4. The summed E-state index contributed by atoms with van der Waals surface area (Å²) in [4.78, 5) is 37.8. The van der Waals surface area contributed by atoms with Gasteiger partial charge < -0.3 is 28.5 Å². The van der Waals surface area contributed by atoms with Gasteiger partial charge in [0.2, 0.25) is 0 Å². The molecular formula is C90H158NO8+. The number of carboxylic acids is 1. The molecule has 0 heterocycles. The largest absolute Gasteiger partial charge is 0.477 e. The van der Waals surface area contributed by atoms with Crippen LogP contribution in [0.2, 0.25) is 0 Å². The highest BCUT2D eigenvalue weighted by atomic mass is 16.7. The van der Waals surface area contributed by atoms with E-state index in [-0.39, 0.29) is 32.2 Å². The first kappa shape index (κ1) is 94.7. The Morgan fingerprint density at radius 2 is 0.576 bits per heavy atom. The number of allylic oxidation sites excluding steroid dienone is 20. The van der Waals surface area contributed by atoms with Crippen molar-refractivity contribution in [3.8, 4) is 0 Å². The second kappa shape index (κ2) is 79.4. The van der Waals surface area contributed by atoms with Crippen LogP contribution in [0.15, 0.2) is 122 Å². The number of carbonyl (C=O) groups excluding carboxylic acids is 2. The van der Waals surface area contributed by atoms with Crippen LogP contribution in [0.3, 0.4) is 0 Å². The van der Waals surface area contributed by atoms with Gasteiger partial charge in [0.1, 0.15) is 13.2 Å². The van der Waals surface area contributed by atoms with Crippen LogP contribution >= 0.6 is 0 Å². The molecule has 2 unspecified atom stereocenters. The van der Waals surface area contributed by atoms with Crippen LogP contribution in [0.5, 0.6) is 0 Å². The molecule has 0 aliphatic carbocycles. The van der Waals surface area contributed by atoms with E-state index < -0.39 is 24.3 Å². The summed E-state index contributed by atoms with van der Waals surface area (Å²) >= 11 is 0. The van der Waals surface area contributed by atoms with Crippen LogP contribution in [0.25, 0.3) is 0 Å². The van der Waals surface area contributed by atoms with Crippen LogP contribution in [-0.2, 0) is 33.3 Å². The summed E-state index contributed by atoms with van der Waals surface area (Å²) in [7, 11) is 5.98. The monoisotopic (exact) mass is 1380 g/mol. The Balaban J connectivity index is 4.00. The van der Waals surface area contributed by atoms with E-state index in [4.69, 9.17) is 18.9 Å². The van der Waals surface area contributed by atoms with Crippen LogP contribution in [0.4, 0.5) is 0 Å². The highest BCUT2D eigenvalue weighted by Crippen LogP contribution is 2.19. The molecule has 0 aromatic rings. The minimum Gasteiger partial charge on any atom is -0.477 e. The quantitative estimate of drug-likeness (QED) is 0.0211. The second-order valence-electron chi connectivity index (χ2n) is 29.1. The fourth-order valence-electron chi connectivity index (χ4n) is 11.9. The van der Waals surface area contributed by atoms with Crippen molar-refractivity contribution in [2.45, 2.75) is 386 Å². The topological polar surface area (TPSA) is 108 Å². The summed E-state index contributed by atoms with van der Waals surface area (Å²) in [5.41, 5.74) is 0. The fraction of sp³-hybridized carbons (Fsp3) is 0.744. The number of aliphatic carboxylic acids is 1. The molecular weight excluding hydrogens is 1220 g/mol. The first-order valence-corrected chi connectivity index (χ1v) is 41.7. The Hall–Kier alpha value is -4.31. The number of ether oxygens (including phenoxy) is 4. The van der Waals surface area contributed by atoms with E-state index in [1.165, 1.54) is 238 Å². The van der Waals surface area contributed by atoms with Crippen LogP contribution in [0.1, 0.15) is 373 Å². The van der Waals surface area contributed by atoms with E-state index in [1.54, 1.807) is 0 Å². The van der Waals surface area contributed by atoms with Gasteiger partial charge in [-0.15, -0.1) is 0 Å². The maximum absolute atomic E-state index is 13.0. The van der Waals surface area contributed by atoms with E-state index >= 15 is 0 Å². The molecule has 0 radical (unpaired) electrons. The minimum absolute atomic E-state index is 0.182. The summed E-state index contributed by atoms with van der Waals surface area (Å²) in [5.74, 6) is -2.01. The van der Waals surface area contributed by atoms with Crippen molar-refractivity contribution in [2.75, 3.05) is 47.5 Å². The van der Waals surface area contributed by atoms with Gasteiger partial charge in [-0.25, -0.2) is 4.79 Å². The lowest BCUT2D eigenvalue weighted by molar-refractivity contribution is -0.870. The molecule has 0 aliphatic rings. The molecule has 0 aromatic carbocycles. The Labute approximate surface area is 612 Å². The maximum atomic E-state index is 13.0. The minimum atomic E-state index is -1.52. The summed E-state index contributed by atoms with van der Waals surface area (Å²) in [5, 5.41) is 9.78. The molecule has 570 valence electrons. The molecule has 9 nitrogen and oxygen atoms in total. The van der Waals surface area contributed by atoms with E-state index in [0.29, 0.717) is 23.9 Å². The lowest BCUT2D eigenvalue weighted by atomic mass is 10.0. The second-order valence-corrected chi connectivity index (χ2v) is 29.1. The number of carboxylic acid groups (broad SMARTS) is 1. The molecule has 0 amide bonds. The average Bonchev–Trinajstić information content (AvgIpc) is 1.57. The van der Waals surface area contributed by atoms with Crippen molar-refractivity contribution >= 4 is 17.9 Å². The first-order valence-electron chi connectivity index (χ1n) is 41.7. The van der Waals surface area contributed by atoms with Gasteiger partial charge in [0.15, 0.2) is 6.10 Å². The highest BCUT2D eigenvalue weighted by Gasteiger charge is 2.25. The number of hydrogen-bond acceptors (Lipinski definition) is 7. The van der Waals surface area contributed by atoms with E-state index in [2.05, 4.69) is 135 Å².